The van der Waals surface area contributed by atoms with Crippen LogP contribution in [0.15, 0.2) is 218 Å². The second kappa shape index (κ2) is 13.8. The standard InChI is InChI=1S/C62H48N2Si/c1-61(2)49-31-15-19-35-53(49)63(54-36-20-16-32-50(54)61)57-39-47-48-40-58(64-55-37-21-17-33-51(55)62(3,4)52-34-18-22-38-56(52)64)44-28-12-14-30-46(44)60(48)65(41-23-7-5-8-24-41,42-25-9-6-10-26-42)59(47)45-29-13-11-27-43(45)57/h5-40H,1-4H3. The minimum atomic E-state index is -3.07. The summed E-state index contributed by atoms with van der Waals surface area (Å²) >= 11 is 0. The number of anilines is 6. The quantitative estimate of drug-likeness (QED) is 0.163. The number of para-hydroxylation sites is 4. The minimum Gasteiger partial charge on any atom is -0.309 e. The molecule has 3 aliphatic heterocycles. The lowest BCUT2D eigenvalue weighted by atomic mass is 9.73. The van der Waals surface area contributed by atoms with E-state index in [2.05, 4.69) is 256 Å². The predicted octanol–water partition coefficient (Wildman–Crippen LogP) is 13.6. The van der Waals surface area contributed by atoms with Gasteiger partial charge in [-0.15, -0.1) is 0 Å². The van der Waals surface area contributed by atoms with Crippen LogP contribution < -0.4 is 30.5 Å². The first kappa shape index (κ1) is 38.0. The summed E-state index contributed by atoms with van der Waals surface area (Å²) in [5, 5.41) is 10.9. The van der Waals surface area contributed by atoms with E-state index >= 15 is 0 Å². The summed E-state index contributed by atoms with van der Waals surface area (Å²) in [7, 11) is -3.07. The van der Waals surface area contributed by atoms with Crippen molar-refractivity contribution in [2.45, 2.75) is 38.5 Å². The van der Waals surface area contributed by atoms with Crippen LogP contribution in [0.5, 0.6) is 0 Å². The van der Waals surface area contributed by atoms with Crippen molar-refractivity contribution in [2.75, 3.05) is 9.80 Å². The smallest absolute Gasteiger partial charge is 0.182 e. The van der Waals surface area contributed by atoms with E-state index in [0.29, 0.717) is 0 Å². The molecular formula is C62H48N2Si. The summed E-state index contributed by atoms with van der Waals surface area (Å²) < 4.78 is 0. The predicted molar refractivity (Wildman–Crippen MR) is 278 cm³/mol. The third kappa shape index (κ3) is 5.05. The van der Waals surface area contributed by atoms with Crippen LogP contribution in [0.3, 0.4) is 0 Å². The highest BCUT2D eigenvalue weighted by Gasteiger charge is 2.52. The summed E-state index contributed by atoms with van der Waals surface area (Å²) in [4.78, 5) is 5.15. The van der Waals surface area contributed by atoms with E-state index < -0.39 is 8.07 Å². The largest absolute Gasteiger partial charge is 0.309 e. The van der Waals surface area contributed by atoms with E-state index in [0.717, 1.165) is 0 Å². The molecule has 0 aromatic heterocycles. The molecule has 0 saturated carbocycles. The van der Waals surface area contributed by atoms with Gasteiger partial charge in [0.1, 0.15) is 0 Å². The van der Waals surface area contributed by atoms with Crippen molar-refractivity contribution in [3.05, 3.63) is 241 Å². The summed E-state index contributed by atoms with van der Waals surface area (Å²) in [5.74, 6) is 0. The fraction of sp³-hybridized carbons (Fsp3) is 0.0968. The molecule has 0 spiro atoms. The van der Waals surface area contributed by atoms with Gasteiger partial charge in [0.2, 0.25) is 0 Å². The van der Waals surface area contributed by atoms with E-state index in [1.165, 1.54) is 110 Å². The maximum absolute atomic E-state index is 3.07. The fourth-order valence-electron chi connectivity index (χ4n) is 12.4. The van der Waals surface area contributed by atoms with Gasteiger partial charge in [-0.05, 0) is 101 Å². The van der Waals surface area contributed by atoms with Gasteiger partial charge < -0.3 is 9.80 Å². The Morgan fingerprint density at radius 2 is 0.569 bits per heavy atom. The lowest BCUT2D eigenvalue weighted by molar-refractivity contribution is 0.632. The maximum atomic E-state index is 2.59. The van der Waals surface area contributed by atoms with Crippen molar-refractivity contribution in [3.8, 4) is 11.1 Å². The number of fused-ring (bicyclic) bond motifs is 11. The average molecular weight is 849 g/mol. The van der Waals surface area contributed by atoms with Gasteiger partial charge in [0.15, 0.2) is 8.07 Å². The van der Waals surface area contributed by atoms with Crippen molar-refractivity contribution in [2.24, 2.45) is 0 Å². The zero-order valence-electron chi connectivity index (χ0n) is 37.2. The van der Waals surface area contributed by atoms with Crippen LogP contribution in [-0.2, 0) is 10.8 Å². The highest BCUT2D eigenvalue weighted by molar-refractivity contribution is 7.24. The Bertz CT molecular complexity index is 3230. The molecule has 3 aliphatic rings. The van der Waals surface area contributed by atoms with Gasteiger partial charge in [0, 0.05) is 21.6 Å². The third-order valence-corrected chi connectivity index (χ3v) is 20.2. The highest BCUT2D eigenvalue weighted by atomic mass is 28.3. The molecule has 3 heteroatoms. The Morgan fingerprint density at radius 1 is 0.292 bits per heavy atom. The molecule has 2 nitrogen and oxygen atoms in total. The summed E-state index contributed by atoms with van der Waals surface area (Å²) in [5.41, 5.74) is 15.0. The number of benzene rings is 10. The van der Waals surface area contributed by atoms with Crippen LogP contribution in [0, 0.1) is 0 Å². The molecule has 13 rings (SSSR count). The number of hydrogen-bond donors (Lipinski definition) is 0. The molecule has 0 fully saturated rings. The molecule has 65 heavy (non-hydrogen) atoms. The lowest BCUT2D eigenvalue weighted by Crippen LogP contribution is -2.73. The monoisotopic (exact) mass is 848 g/mol. The molecule has 0 N–H and O–H groups in total. The van der Waals surface area contributed by atoms with Gasteiger partial charge in [0.25, 0.3) is 0 Å². The third-order valence-electron chi connectivity index (χ3n) is 15.3. The van der Waals surface area contributed by atoms with Crippen molar-refractivity contribution in [3.63, 3.8) is 0 Å². The molecule has 3 heterocycles. The average Bonchev–Trinajstić information content (AvgIpc) is 3.66. The van der Waals surface area contributed by atoms with Crippen LogP contribution in [-0.4, -0.2) is 8.07 Å². The van der Waals surface area contributed by atoms with Crippen molar-refractivity contribution in [1.82, 2.24) is 0 Å². The Hall–Kier alpha value is -7.46. The van der Waals surface area contributed by atoms with E-state index in [9.17, 15) is 0 Å². The highest BCUT2D eigenvalue weighted by Crippen LogP contribution is 2.56. The minimum absolute atomic E-state index is 0.172. The van der Waals surface area contributed by atoms with Crippen molar-refractivity contribution >= 4 is 84.5 Å². The number of rotatable bonds is 4. The summed E-state index contributed by atoms with van der Waals surface area (Å²) in [6.45, 7) is 9.51. The first-order valence-electron chi connectivity index (χ1n) is 23.0. The van der Waals surface area contributed by atoms with Gasteiger partial charge in [-0.25, -0.2) is 0 Å². The zero-order valence-corrected chi connectivity index (χ0v) is 38.2. The van der Waals surface area contributed by atoms with Crippen LogP contribution in [0.25, 0.3) is 32.7 Å². The van der Waals surface area contributed by atoms with E-state index in [4.69, 9.17) is 0 Å². The van der Waals surface area contributed by atoms with Crippen LogP contribution in [0.2, 0.25) is 0 Å². The number of hydrogen-bond acceptors (Lipinski definition) is 2. The molecule has 0 unspecified atom stereocenters. The topological polar surface area (TPSA) is 6.48 Å². The first-order chi connectivity index (χ1) is 31.8. The number of nitrogens with zero attached hydrogens (tertiary/aromatic N) is 2. The Morgan fingerprint density at radius 3 is 0.908 bits per heavy atom. The molecular weight excluding hydrogens is 801 g/mol. The molecule has 0 saturated heterocycles. The van der Waals surface area contributed by atoms with Crippen LogP contribution >= 0.6 is 0 Å². The Balaban J connectivity index is 1.22. The Labute approximate surface area is 382 Å². The SMILES string of the molecule is CC1(C)c2ccccc2N(c2cc3c(c4ccccc24)[Si](c2ccccc2)(c2ccccc2)c2c-3cc(N3c4ccccc4C(C)(C)c4ccccc43)c3ccccc23)c2ccccc21. The summed E-state index contributed by atoms with van der Waals surface area (Å²) in [6.07, 6.45) is 0. The second-order valence-electron chi connectivity index (χ2n) is 19.2. The molecule has 310 valence electrons. The molecule has 0 bridgehead atoms. The normalized spacial score (nSPS) is 15.7. The van der Waals surface area contributed by atoms with Gasteiger partial charge >= 0.3 is 0 Å². The molecule has 10 aromatic rings. The first-order valence-corrected chi connectivity index (χ1v) is 25.0. The van der Waals surface area contributed by atoms with Crippen LogP contribution in [0.4, 0.5) is 34.1 Å². The van der Waals surface area contributed by atoms with Crippen molar-refractivity contribution < 1.29 is 0 Å². The van der Waals surface area contributed by atoms with Gasteiger partial charge in [-0.3, -0.25) is 0 Å². The van der Waals surface area contributed by atoms with E-state index in [-0.39, 0.29) is 10.8 Å². The zero-order chi connectivity index (χ0) is 43.7. The molecule has 0 atom stereocenters. The van der Waals surface area contributed by atoms with Gasteiger partial charge in [-0.2, -0.15) is 0 Å². The van der Waals surface area contributed by atoms with Crippen molar-refractivity contribution in [1.29, 1.82) is 0 Å². The van der Waals surface area contributed by atoms with Gasteiger partial charge in [0.05, 0.1) is 34.1 Å². The molecule has 10 aromatic carbocycles. The van der Waals surface area contributed by atoms with Gasteiger partial charge in [-0.1, -0.05) is 210 Å². The summed E-state index contributed by atoms with van der Waals surface area (Å²) in [6, 6.07) is 83.1. The second-order valence-corrected chi connectivity index (χ2v) is 22.9. The van der Waals surface area contributed by atoms with E-state index in [1.807, 2.05) is 0 Å². The molecule has 0 aliphatic carbocycles. The fourth-order valence-corrected chi connectivity index (χ4v) is 18.0. The maximum Gasteiger partial charge on any atom is 0.182 e. The molecule has 0 radical (unpaired) electrons. The van der Waals surface area contributed by atoms with E-state index in [1.54, 1.807) is 0 Å². The molecule has 0 amide bonds. The van der Waals surface area contributed by atoms with Crippen LogP contribution in [0.1, 0.15) is 49.9 Å². The Kier molecular flexibility index (Phi) is 8.06. The lowest BCUT2D eigenvalue weighted by Gasteiger charge is -2.42.